The van der Waals surface area contributed by atoms with Crippen LogP contribution in [0.15, 0.2) is 24.3 Å². The van der Waals surface area contributed by atoms with Crippen LogP contribution in [0.2, 0.25) is 0 Å². The maximum absolute atomic E-state index is 10.5. The molecule has 0 fully saturated rings. The van der Waals surface area contributed by atoms with Gasteiger partial charge in [-0.05, 0) is 18.1 Å². The zero-order valence-electron chi connectivity index (χ0n) is 8.80. The third-order valence-electron chi connectivity index (χ3n) is 2.84. The minimum absolute atomic E-state index is 0.133. The highest BCUT2D eigenvalue weighted by Crippen LogP contribution is 2.28. The smallest absolute Gasteiger partial charge is 0.305 e. The number of aliphatic carboxylic acids is 1. The zero-order valence-corrected chi connectivity index (χ0v) is 8.80. The number of para-hydroxylation sites is 1. The highest BCUT2D eigenvalue weighted by molar-refractivity contribution is 5.67. The second-order valence-electron chi connectivity index (χ2n) is 4.05. The van der Waals surface area contributed by atoms with Crippen LogP contribution in [-0.4, -0.2) is 28.9 Å². The van der Waals surface area contributed by atoms with Crippen molar-refractivity contribution in [3.05, 3.63) is 29.8 Å². The van der Waals surface area contributed by atoms with E-state index in [9.17, 15) is 9.90 Å². The van der Waals surface area contributed by atoms with Gasteiger partial charge in [0.1, 0.15) is 5.75 Å². The Bertz CT molecular complexity index is 388. The molecule has 4 heteroatoms. The molecular formula is C12H14O4. The maximum atomic E-state index is 10.5. The number of rotatable bonds is 3. The van der Waals surface area contributed by atoms with Crippen LogP contribution in [-0.2, 0) is 11.2 Å². The summed E-state index contributed by atoms with van der Waals surface area (Å²) in [6.07, 6.45) is -0.397. The summed E-state index contributed by atoms with van der Waals surface area (Å²) in [5, 5.41) is 18.3. The summed E-state index contributed by atoms with van der Waals surface area (Å²) in [7, 11) is 0. The number of carbonyl (C=O) groups is 1. The monoisotopic (exact) mass is 222 g/mol. The summed E-state index contributed by atoms with van der Waals surface area (Å²) in [6, 6.07) is 7.63. The van der Waals surface area contributed by atoms with Gasteiger partial charge in [0, 0.05) is 5.92 Å². The second-order valence-corrected chi connectivity index (χ2v) is 4.05. The number of hydrogen-bond donors (Lipinski definition) is 2. The molecule has 0 saturated heterocycles. The Kier molecular flexibility index (Phi) is 3.10. The first-order valence-electron chi connectivity index (χ1n) is 5.27. The summed E-state index contributed by atoms with van der Waals surface area (Å²) in [5.41, 5.74) is 1.03. The van der Waals surface area contributed by atoms with Gasteiger partial charge < -0.3 is 14.9 Å². The van der Waals surface area contributed by atoms with Crippen molar-refractivity contribution >= 4 is 5.97 Å². The van der Waals surface area contributed by atoms with E-state index in [2.05, 4.69) is 0 Å². The molecule has 0 aliphatic carbocycles. The van der Waals surface area contributed by atoms with Crippen LogP contribution in [0.1, 0.15) is 12.0 Å². The molecule has 1 aliphatic rings. The van der Waals surface area contributed by atoms with E-state index in [0.717, 1.165) is 11.3 Å². The SMILES string of the molecule is O=C(O)C[C@H](O)C1COc2ccccc2C1. The number of aliphatic hydroxyl groups excluding tert-OH is 1. The van der Waals surface area contributed by atoms with Crippen molar-refractivity contribution in [2.24, 2.45) is 5.92 Å². The molecule has 1 aromatic carbocycles. The third kappa shape index (κ3) is 2.33. The van der Waals surface area contributed by atoms with E-state index in [1.54, 1.807) is 0 Å². The minimum atomic E-state index is -0.980. The van der Waals surface area contributed by atoms with Crippen LogP contribution >= 0.6 is 0 Å². The molecule has 86 valence electrons. The lowest BCUT2D eigenvalue weighted by molar-refractivity contribution is -0.140. The summed E-state index contributed by atoms with van der Waals surface area (Å²) in [4.78, 5) is 10.5. The fourth-order valence-corrected chi connectivity index (χ4v) is 1.94. The van der Waals surface area contributed by atoms with E-state index in [4.69, 9.17) is 9.84 Å². The molecule has 0 amide bonds. The number of benzene rings is 1. The van der Waals surface area contributed by atoms with Crippen molar-refractivity contribution in [2.45, 2.75) is 18.9 Å². The molecule has 2 atom stereocenters. The quantitative estimate of drug-likeness (QED) is 0.802. The van der Waals surface area contributed by atoms with E-state index >= 15 is 0 Å². The van der Waals surface area contributed by atoms with E-state index in [0.29, 0.717) is 13.0 Å². The standard InChI is InChI=1S/C12H14O4/c13-10(6-12(14)15)9-5-8-3-1-2-4-11(8)16-7-9/h1-4,9-10,13H,5-7H2,(H,14,15)/t9?,10-/m0/s1. The zero-order chi connectivity index (χ0) is 11.5. The molecule has 4 nitrogen and oxygen atoms in total. The molecule has 1 heterocycles. The first-order chi connectivity index (χ1) is 7.66. The number of fused-ring (bicyclic) bond motifs is 1. The van der Waals surface area contributed by atoms with Gasteiger partial charge >= 0.3 is 5.97 Å². The molecule has 1 unspecified atom stereocenters. The minimum Gasteiger partial charge on any atom is -0.493 e. The molecule has 0 spiro atoms. The van der Waals surface area contributed by atoms with Crippen molar-refractivity contribution in [1.29, 1.82) is 0 Å². The van der Waals surface area contributed by atoms with Crippen LogP contribution in [0.25, 0.3) is 0 Å². The summed E-state index contributed by atoms with van der Waals surface area (Å²) in [6.45, 7) is 0.380. The van der Waals surface area contributed by atoms with Crippen molar-refractivity contribution in [3.63, 3.8) is 0 Å². The van der Waals surface area contributed by atoms with Crippen LogP contribution in [0.3, 0.4) is 0 Å². The van der Waals surface area contributed by atoms with Crippen LogP contribution in [0, 0.1) is 5.92 Å². The van der Waals surface area contributed by atoms with E-state index in [1.807, 2.05) is 24.3 Å². The largest absolute Gasteiger partial charge is 0.493 e. The topological polar surface area (TPSA) is 66.8 Å². The Labute approximate surface area is 93.5 Å². The Hall–Kier alpha value is -1.55. The lowest BCUT2D eigenvalue weighted by Gasteiger charge is -2.28. The first kappa shape index (κ1) is 11.0. The highest BCUT2D eigenvalue weighted by Gasteiger charge is 2.27. The lowest BCUT2D eigenvalue weighted by atomic mass is 9.90. The molecule has 16 heavy (non-hydrogen) atoms. The summed E-state index contributed by atoms with van der Waals surface area (Å²) >= 11 is 0. The van der Waals surface area contributed by atoms with Crippen molar-refractivity contribution in [1.82, 2.24) is 0 Å². The molecule has 0 bridgehead atoms. The van der Waals surface area contributed by atoms with Crippen molar-refractivity contribution < 1.29 is 19.7 Å². The van der Waals surface area contributed by atoms with Gasteiger partial charge in [-0.2, -0.15) is 0 Å². The average Bonchev–Trinajstić information content (AvgIpc) is 2.27. The van der Waals surface area contributed by atoms with Gasteiger partial charge in [-0.15, -0.1) is 0 Å². The van der Waals surface area contributed by atoms with E-state index < -0.39 is 12.1 Å². The normalized spacial score (nSPS) is 20.7. The molecule has 2 rings (SSSR count). The molecule has 0 radical (unpaired) electrons. The number of carboxylic acid groups (broad SMARTS) is 1. The first-order valence-corrected chi connectivity index (χ1v) is 5.27. The van der Waals surface area contributed by atoms with Gasteiger partial charge in [0.25, 0.3) is 0 Å². The van der Waals surface area contributed by atoms with Gasteiger partial charge in [0.15, 0.2) is 0 Å². The van der Waals surface area contributed by atoms with Gasteiger partial charge in [-0.25, -0.2) is 0 Å². The Balaban J connectivity index is 2.05. The summed E-state index contributed by atoms with van der Waals surface area (Å²) in [5.74, 6) is -0.279. The molecule has 1 aromatic rings. The van der Waals surface area contributed by atoms with Gasteiger partial charge in [-0.1, -0.05) is 18.2 Å². The van der Waals surface area contributed by atoms with Crippen molar-refractivity contribution in [2.75, 3.05) is 6.61 Å². The third-order valence-corrected chi connectivity index (χ3v) is 2.84. The fourth-order valence-electron chi connectivity index (χ4n) is 1.94. The average molecular weight is 222 g/mol. The van der Waals surface area contributed by atoms with Gasteiger partial charge in [0.05, 0.1) is 19.1 Å². The van der Waals surface area contributed by atoms with Crippen molar-refractivity contribution in [3.8, 4) is 5.75 Å². The molecule has 1 aliphatic heterocycles. The number of hydrogen-bond acceptors (Lipinski definition) is 3. The summed E-state index contributed by atoms with van der Waals surface area (Å²) < 4.78 is 5.49. The lowest BCUT2D eigenvalue weighted by Crippen LogP contribution is -2.33. The maximum Gasteiger partial charge on any atom is 0.305 e. The predicted octanol–water partition coefficient (Wildman–Crippen LogP) is 1.07. The number of ether oxygens (including phenoxy) is 1. The molecule has 0 aromatic heterocycles. The Morgan fingerprint density at radius 2 is 2.25 bits per heavy atom. The van der Waals surface area contributed by atoms with Crippen LogP contribution < -0.4 is 4.74 Å². The van der Waals surface area contributed by atoms with E-state index in [1.165, 1.54) is 0 Å². The Morgan fingerprint density at radius 1 is 1.50 bits per heavy atom. The highest BCUT2D eigenvalue weighted by atomic mass is 16.5. The van der Waals surface area contributed by atoms with Crippen LogP contribution in [0.5, 0.6) is 5.75 Å². The molecule has 0 saturated carbocycles. The molecular weight excluding hydrogens is 208 g/mol. The van der Waals surface area contributed by atoms with Crippen LogP contribution in [0.4, 0.5) is 0 Å². The Morgan fingerprint density at radius 3 is 3.00 bits per heavy atom. The van der Waals surface area contributed by atoms with Gasteiger partial charge in [-0.3, -0.25) is 4.79 Å². The number of aliphatic hydroxyl groups is 1. The second kappa shape index (κ2) is 4.53. The van der Waals surface area contributed by atoms with E-state index in [-0.39, 0.29) is 12.3 Å². The number of carboxylic acids is 1. The van der Waals surface area contributed by atoms with Gasteiger partial charge in [0.2, 0.25) is 0 Å². The fraction of sp³-hybridized carbons (Fsp3) is 0.417. The predicted molar refractivity (Wildman–Crippen MR) is 57.4 cm³/mol. The molecule has 2 N–H and O–H groups in total.